The summed E-state index contributed by atoms with van der Waals surface area (Å²) >= 11 is 0. The van der Waals surface area contributed by atoms with E-state index in [1.54, 1.807) is 4.90 Å². The molecule has 19 heavy (non-hydrogen) atoms. The summed E-state index contributed by atoms with van der Waals surface area (Å²) in [6, 6.07) is -0.0546. The molecule has 1 saturated heterocycles. The Labute approximate surface area is 114 Å². The topological polar surface area (TPSA) is 82.0 Å². The zero-order chi connectivity index (χ0) is 14.5. The number of hydrogen-bond donors (Lipinski definition) is 3. The fourth-order valence-electron chi connectivity index (χ4n) is 2.05. The Morgan fingerprint density at radius 2 is 1.84 bits per heavy atom. The smallest absolute Gasteiger partial charge is 0.410 e. The molecular weight excluding hydrogens is 248 g/mol. The van der Waals surface area contributed by atoms with Gasteiger partial charge in [0.15, 0.2) is 0 Å². The number of hydrogen-bond acceptors (Lipinski definition) is 5. The van der Waals surface area contributed by atoms with E-state index >= 15 is 0 Å². The molecule has 112 valence electrons. The monoisotopic (exact) mass is 274 g/mol. The maximum absolute atomic E-state index is 11.9. The zero-order valence-corrected chi connectivity index (χ0v) is 12.1. The van der Waals surface area contributed by atoms with E-state index in [-0.39, 0.29) is 31.4 Å². The standard InChI is InChI=1S/C13H26N2O4/c1-13(2,3)19-12(18)15-6-4-10(5-7-15)14-11(8-16)9-17/h10-11,14,16-17H,4-9H2,1-3H3. The van der Waals surface area contributed by atoms with Gasteiger partial charge in [0, 0.05) is 19.1 Å². The van der Waals surface area contributed by atoms with Gasteiger partial charge in [0.1, 0.15) is 5.60 Å². The highest BCUT2D eigenvalue weighted by atomic mass is 16.6. The summed E-state index contributed by atoms with van der Waals surface area (Å²) < 4.78 is 5.32. The number of rotatable bonds is 4. The van der Waals surface area contributed by atoms with Crippen LogP contribution in [0.15, 0.2) is 0 Å². The second-order valence-corrected chi connectivity index (χ2v) is 5.97. The van der Waals surface area contributed by atoms with Gasteiger partial charge in [-0.3, -0.25) is 0 Å². The molecule has 0 aromatic heterocycles. The van der Waals surface area contributed by atoms with Crippen LogP contribution in [-0.2, 0) is 4.74 Å². The maximum atomic E-state index is 11.9. The van der Waals surface area contributed by atoms with Crippen LogP contribution in [-0.4, -0.2) is 65.2 Å². The van der Waals surface area contributed by atoms with E-state index in [9.17, 15) is 4.79 Å². The van der Waals surface area contributed by atoms with E-state index in [1.165, 1.54) is 0 Å². The van der Waals surface area contributed by atoms with Gasteiger partial charge in [-0.1, -0.05) is 0 Å². The number of aliphatic hydroxyl groups is 2. The molecule has 1 rings (SSSR count). The van der Waals surface area contributed by atoms with Crippen LogP contribution < -0.4 is 5.32 Å². The Kier molecular flexibility index (Phi) is 6.03. The number of nitrogens with zero attached hydrogens (tertiary/aromatic N) is 1. The second-order valence-electron chi connectivity index (χ2n) is 5.97. The Balaban J connectivity index is 2.34. The van der Waals surface area contributed by atoms with Crippen molar-refractivity contribution in [3.63, 3.8) is 0 Å². The molecule has 0 unspecified atom stereocenters. The number of likely N-dealkylation sites (tertiary alicyclic amines) is 1. The van der Waals surface area contributed by atoms with Crippen LogP contribution in [0.25, 0.3) is 0 Å². The largest absolute Gasteiger partial charge is 0.444 e. The molecule has 6 nitrogen and oxygen atoms in total. The SMILES string of the molecule is CC(C)(C)OC(=O)N1CCC(NC(CO)CO)CC1. The van der Waals surface area contributed by atoms with E-state index in [1.807, 2.05) is 20.8 Å². The van der Waals surface area contributed by atoms with E-state index in [2.05, 4.69) is 5.32 Å². The first kappa shape index (κ1) is 16.2. The van der Waals surface area contributed by atoms with Crippen molar-refractivity contribution < 1.29 is 19.7 Å². The third-order valence-corrected chi connectivity index (χ3v) is 3.06. The summed E-state index contributed by atoms with van der Waals surface area (Å²) in [5.41, 5.74) is -0.467. The Morgan fingerprint density at radius 1 is 1.32 bits per heavy atom. The Bertz CT molecular complexity index is 279. The van der Waals surface area contributed by atoms with Crippen molar-refractivity contribution in [1.82, 2.24) is 10.2 Å². The molecule has 0 spiro atoms. The van der Waals surface area contributed by atoms with Crippen LogP contribution >= 0.6 is 0 Å². The molecule has 0 atom stereocenters. The van der Waals surface area contributed by atoms with E-state index < -0.39 is 5.60 Å². The molecule has 1 amide bonds. The van der Waals surface area contributed by atoms with Gasteiger partial charge in [-0.05, 0) is 33.6 Å². The van der Waals surface area contributed by atoms with Crippen molar-refractivity contribution in [2.45, 2.75) is 51.3 Å². The minimum atomic E-state index is -0.467. The Hall–Kier alpha value is -0.850. The summed E-state index contributed by atoms with van der Waals surface area (Å²) in [6.07, 6.45) is 1.33. The van der Waals surface area contributed by atoms with Gasteiger partial charge < -0.3 is 25.2 Å². The summed E-state index contributed by atoms with van der Waals surface area (Å²) in [4.78, 5) is 13.6. The number of carbonyl (C=O) groups excluding carboxylic acids is 1. The molecule has 0 bridgehead atoms. The molecule has 0 aliphatic carbocycles. The number of carbonyl (C=O) groups is 1. The van der Waals surface area contributed by atoms with Crippen LogP contribution in [0, 0.1) is 0 Å². The van der Waals surface area contributed by atoms with Crippen LogP contribution in [0.3, 0.4) is 0 Å². The van der Waals surface area contributed by atoms with Crippen molar-refractivity contribution in [3.8, 4) is 0 Å². The summed E-state index contributed by atoms with van der Waals surface area (Å²) in [6.45, 7) is 6.67. The lowest BCUT2D eigenvalue weighted by atomic mass is 10.0. The lowest BCUT2D eigenvalue weighted by Gasteiger charge is -2.34. The van der Waals surface area contributed by atoms with Crippen LogP contribution in [0.4, 0.5) is 4.79 Å². The summed E-state index contributed by atoms with van der Waals surface area (Å²) in [7, 11) is 0. The van der Waals surface area contributed by atoms with E-state index in [0.29, 0.717) is 13.1 Å². The van der Waals surface area contributed by atoms with Gasteiger partial charge in [-0.15, -0.1) is 0 Å². The van der Waals surface area contributed by atoms with Gasteiger partial charge >= 0.3 is 6.09 Å². The van der Waals surface area contributed by atoms with Gasteiger partial charge in [0.2, 0.25) is 0 Å². The maximum Gasteiger partial charge on any atom is 0.410 e. The molecule has 0 aromatic carbocycles. The normalized spacial score (nSPS) is 17.9. The molecular formula is C13H26N2O4. The van der Waals surface area contributed by atoms with E-state index in [0.717, 1.165) is 12.8 Å². The summed E-state index contributed by atoms with van der Waals surface area (Å²) in [5.74, 6) is 0. The van der Waals surface area contributed by atoms with Gasteiger partial charge in [-0.25, -0.2) is 4.79 Å². The molecule has 1 aliphatic heterocycles. The van der Waals surface area contributed by atoms with Crippen molar-refractivity contribution in [1.29, 1.82) is 0 Å². The molecule has 1 fully saturated rings. The summed E-state index contributed by atoms with van der Waals surface area (Å²) in [5, 5.41) is 21.2. The fraction of sp³-hybridized carbons (Fsp3) is 0.923. The predicted molar refractivity (Wildman–Crippen MR) is 71.9 cm³/mol. The first-order valence-corrected chi connectivity index (χ1v) is 6.81. The lowest BCUT2D eigenvalue weighted by molar-refractivity contribution is 0.0189. The molecule has 1 heterocycles. The number of amides is 1. The highest BCUT2D eigenvalue weighted by molar-refractivity contribution is 5.68. The minimum Gasteiger partial charge on any atom is -0.444 e. The zero-order valence-electron chi connectivity index (χ0n) is 12.1. The third-order valence-electron chi connectivity index (χ3n) is 3.06. The van der Waals surface area contributed by atoms with Crippen molar-refractivity contribution in [3.05, 3.63) is 0 Å². The van der Waals surface area contributed by atoms with Crippen LogP contribution in [0.1, 0.15) is 33.6 Å². The third kappa shape index (κ3) is 5.76. The van der Waals surface area contributed by atoms with Crippen molar-refractivity contribution in [2.75, 3.05) is 26.3 Å². The molecule has 0 aromatic rings. The highest BCUT2D eigenvalue weighted by Crippen LogP contribution is 2.15. The lowest BCUT2D eigenvalue weighted by Crippen LogP contribution is -2.50. The minimum absolute atomic E-state index is 0.0806. The predicted octanol–water partition coefficient (Wildman–Crippen LogP) is 0.329. The van der Waals surface area contributed by atoms with Gasteiger partial charge in [0.05, 0.1) is 19.3 Å². The Morgan fingerprint density at radius 3 is 2.26 bits per heavy atom. The fourth-order valence-corrected chi connectivity index (χ4v) is 2.05. The molecule has 0 radical (unpaired) electrons. The molecule has 1 aliphatic rings. The number of nitrogens with one attached hydrogen (secondary N) is 1. The molecule has 6 heteroatoms. The number of aliphatic hydroxyl groups excluding tert-OH is 2. The average Bonchev–Trinajstić information content (AvgIpc) is 2.34. The highest BCUT2D eigenvalue weighted by Gasteiger charge is 2.27. The first-order valence-electron chi connectivity index (χ1n) is 6.81. The van der Waals surface area contributed by atoms with Crippen LogP contribution in [0.5, 0.6) is 0 Å². The average molecular weight is 274 g/mol. The van der Waals surface area contributed by atoms with E-state index in [4.69, 9.17) is 14.9 Å². The van der Waals surface area contributed by atoms with Crippen LogP contribution in [0.2, 0.25) is 0 Å². The van der Waals surface area contributed by atoms with Crippen molar-refractivity contribution >= 4 is 6.09 Å². The molecule has 3 N–H and O–H groups in total. The number of piperidine rings is 1. The quantitative estimate of drug-likeness (QED) is 0.688. The molecule has 0 saturated carbocycles. The van der Waals surface area contributed by atoms with Crippen molar-refractivity contribution in [2.24, 2.45) is 0 Å². The number of ether oxygens (including phenoxy) is 1. The first-order chi connectivity index (χ1) is 8.85. The second kappa shape index (κ2) is 7.07. The van der Waals surface area contributed by atoms with Gasteiger partial charge in [0.25, 0.3) is 0 Å². The van der Waals surface area contributed by atoms with Gasteiger partial charge in [-0.2, -0.15) is 0 Å².